The fourth-order valence-corrected chi connectivity index (χ4v) is 3.20. The molecule has 0 unspecified atom stereocenters. The minimum Gasteiger partial charge on any atom is -0.497 e. The van der Waals surface area contributed by atoms with E-state index in [1.54, 1.807) is 25.3 Å². The number of nitrogens with one attached hydrogen (secondary N) is 3. The van der Waals surface area contributed by atoms with Gasteiger partial charge in [-0.05, 0) is 49.6 Å². The molecule has 3 N–H and O–H groups in total. The molecule has 1 aliphatic rings. The Morgan fingerprint density at radius 2 is 2.03 bits per heavy atom. The third-order valence-electron chi connectivity index (χ3n) is 4.85. The zero-order valence-electron chi connectivity index (χ0n) is 18.0. The molecule has 0 radical (unpaired) electrons. The second-order valence-corrected chi connectivity index (χ2v) is 7.35. The van der Waals surface area contributed by atoms with Gasteiger partial charge in [-0.2, -0.15) is 0 Å². The zero-order valence-corrected chi connectivity index (χ0v) is 18.0. The van der Waals surface area contributed by atoms with Crippen LogP contribution in [0.25, 0.3) is 0 Å². The van der Waals surface area contributed by atoms with Gasteiger partial charge >= 0.3 is 0 Å². The molecule has 0 aliphatic carbocycles. The Morgan fingerprint density at radius 1 is 1.19 bits per heavy atom. The maximum absolute atomic E-state index is 12.9. The van der Waals surface area contributed by atoms with Crippen LogP contribution in [-0.2, 0) is 9.53 Å². The van der Waals surface area contributed by atoms with Gasteiger partial charge in [-0.25, -0.2) is 4.99 Å². The summed E-state index contributed by atoms with van der Waals surface area (Å²) < 4.78 is 10.9. The summed E-state index contributed by atoms with van der Waals surface area (Å²) in [6, 6.07) is 12.5. The maximum Gasteiger partial charge on any atom is 0.258 e. The minimum atomic E-state index is -0.340. The van der Waals surface area contributed by atoms with Crippen molar-refractivity contribution in [1.29, 1.82) is 0 Å². The lowest BCUT2D eigenvalue weighted by Gasteiger charge is -2.15. The van der Waals surface area contributed by atoms with Gasteiger partial charge in [0.2, 0.25) is 11.9 Å². The van der Waals surface area contributed by atoms with Gasteiger partial charge in [0, 0.05) is 36.5 Å². The number of aryl methyl sites for hydroxylation is 1. The first kappa shape index (κ1) is 22.3. The molecule has 2 aromatic carbocycles. The molecule has 1 fully saturated rings. The number of ether oxygens (including phenoxy) is 2. The molecule has 8 nitrogen and oxygen atoms in total. The third-order valence-corrected chi connectivity index (χ3v) is 4.85. The highest BCUT2D eigenvalue weighted by Gasteiger charge is 2.17. The normalized spacial score (nSPS) is 16.0. The monoisotopic (exact) mass is 424 g/mol. The highest BCUT2D eigenvalue weighted by molar-refractivity contribution is 6.10. The molecule has 2 aromatic rings. The fourth-order valence-electron chi connectivity index (χ4n) is 3.20. The zero-order chi connectivity index (χ0) is 22.2. The predicted molar refractivity (Wildman–Crippen MR) is 121 cm³/mol. The van der Waals surface area contributed by atoms with Crippen LogP contribution in [0.1, 0.15) is 35.7 Å². The van der Waals surface area contributed by atoms with E-state index in [1.807, 2.05) is 31.2 Å². The molecular weight excluding hydrogens is 396 g/mol. The van der Waals surface area contributed by atoms with E-state index in [1.165, 1.54) is 6.92 Å². The Morgan fingerprint density at radius 3 is 2.74 bits per heavy atom. The SMILES string of the molecule is COc1cccc(NC(=NC[C@@H]2CCCO2)NC(=O)c2ccc(C)c(NC(C)=O)c2)c1. The topological polar surface area (TPSA) is 101 Å². The number of methoxy groups -OCH3 is 1. The van der Waals surface area contributed by atoms with Gasteiger partial charge in [0.05, 0.1) is 19.8 Å². The van der Waals surface area contributed by atoms with Crippen LogP contribution in [0.3, 0.4) is 0 Å². The number of hydrogen-bond acceptors (Lipinski definition) is 5. The molecule has 1 heterocycles. The molecule has 0 aromatic heterocycles. The van der Waals surface area contributed by atoms with Gasteiger partial charge in [-0.1, -0.05) is 12.1 Å². The first-order chi connectivity index (χ1) is 14.9. The van der Waals surface area contributed by atoms with E-state index in [0.717, 1.165) is 30.7 Å². The van der Waals surface area contributed by atoms with Crippen molar-refractivity contribution in [2.24, 2.45) is 4.99 Å². The summed E-state index contributed by atoms with van der Waals surface area (Å²) in [5, 5.41) is 8.72. The highest BCUT2D eigenvalue weighted by atomic mass is 16.5. The van der Waals surface area contributed by atoms with E-state index in [9.17, 15) is 9.59 Å². The number of hydrogen-bond donors (Lipinski definition) is 3. The van der Waals surface area contributed by atoms with Crippen molar-refractivity contribution in [3.63, 3.8) is 0 Å². The van der Waals surface area contributed by atoms with Crippen LogP contribution in [0, 0.1) is 6.92 Å². The molecule has 2 amide bonds. The van der Waals surface area contributed by atoms with Crippen LogP contribution in [0.2, 0.25) is 0 Å². The molecule has 8 heteroatoms. The molecule has 1 atom stereocenters. The fraction of sp³-hybridized carbons (Fsp3) is 0.348. The highest BCUT2D eigenvalue weighted by Crippen LogP contribution is 2.19. The van der Waals surface area contributed by atoms with Crippen molar-refractivity contribution in [2.45, 2.75) is 32.8 Å². The lowest BCUT2D eigenvalue weighted by Crippen LogP contribution is -2.36. The quantitative estimate of drug-likeness (QED) is 0.488. The molecule has 31 heavy (non-hydrogen) atoms. The summed E-state index contributed by atoms with van der Waals surface area (Å²) in [4.78, 5) is 28.9. The number of guanidine groups is 1. The van der Waals surface area contributed by atoms with Crippen LogP contribution in [0.5, 0.6) is 5.75 Å². The van der Waals surface area contributed by atoms with Gasteiger partial charge in [0.25, 0.3) is 5.91 Å². The summed E-state index contributed by atoms with van der Waals surface area (Å²) in [5.74, 6) is 0.468. The van der Waals surface area contributed by atoms with Crippen molar-refractivity contribution in [3.05, 3.63) is 53.6 Å². The number of aliphatic imine (C=N–C) groups is 1. The molecule has 164 valence electrons. The minimum absolute atomic E-state index is 0.0461. The average Bonchev–Trinajstić information content (AvgIpc) is 3.27. The van der Waals surface area contributed by atoms with Crippen LogP contribution in [-0.4, -0.2) is 44.1 Å². The number of rotatable bonds is 6. The maximum atomic E-state index is 12.9. The van der Waals surface area contributed by atoms with Crippen LogP contribution >= 0.6 is 0 Å². The lowest BCUT2D eigenvalue weighted by atomic mass is 10.1. The Labute approximate surface area is 182 Å². The van der Waals surface area contributed by atoms with E-state index in [4.69, 9.17) is 9.47 Å². The molecular formula is C23H28N4O4. The largest absolute Gasteiger partial charge is 0.497 e. The smallest absolute Gasteiger partial charge is 0.258 e. The van der Waals surface area contributed by atoms with Crippen molar-refractivity contribution >= 4 is 29.1 Å². The van der Waals surface area contributed by atoms with Crippen molar-refractivity contribution in [1.82, 2.24) is 5.32 Å². The van der Waals surface area contributed by atoms with Crippen LogP contribution in [0.15, 0.2) is 47.5 Å². The number of nitrogens with zero attached hydrogens (tertiary/aromatic N) is 1. The van der Waals surface area contributed by atoms with Gasteiger partial charge in [-0.3, -0.25) is 14.9 Å². The number of anilines is 2. The summed E-state index contributed by atoms with van der Waals surface area (Å²) in [6.45, 7) is 4.48. The number of amides is 2. The molecule has 0 bridgehead atoms. The van der Waals surface area contributed by atoms with E-state index in [2.05, 4.69) is 20.9 Å². The third kappa shape index (κ3) is 6.55. The molecule has 1 aliphatic heterocycles. The first-order valence-electron chi connectivity index (χ1n) is 10.2. The summed E-state index contributed by atoms with van der Waals surface area (Å²) in [7, 11) is 1.59. The Bertz CT molecular complexity index is 968. The summed E-state index contributed by atoms with van der Waals surface area (Å²) >= 11 is 0. The van der Waals surface area contributed by atoms with Crippen LogP contribution < -0.4 is 20.7 Å². The van der Waals surface area contributed by atoms with Crippen molar-refractivity contribution < 1.29 is 19.1 Å². The van der Waals surface area contributed by atoms with E-state index < -0.39 is 0 Å². The Kier molecular flexibility index (Phi) is 7.61. The second-order valence-electron chi connectivity index (χ2n) is 7.35. The van der Waals surface area contributed by atoms with Crippen LogP contribution in [0.4, 0.5) is 11.4 Å². The van der Waals surface area contributed by atoms with Crippen molar-refractivity contribution in [2.75, 3.05) is 30.9 Å². The van der Waals surface area contributed by atoms with Gasteiger partial charge in [-0.15, -0.1) is 0 Å². The first-order valence-corrected chi connectivity index (χ1v) is 10.2. The van der Waals surface area contributed by atoms with Gasteiger partial charge in [0.15, 0.2) is 0 Å². The van der Waals surface area contributed by atoms with E-state index in [-0.39, 0.29) is 17.9 Å². The van der Waals surface area contributed by atoms with Gasteiger partial charge in [0.1, 0.15) is 5.75 Å². The second kappa shape index (κ2) is 10.6. The number of carbonyl (C=O) groups excluding carboxylic acids is 2. The van der Waals surface area contributed by atoms with Crippen molar-refractivity contribution in [3.8, 4) is 5.75 Å². The molecule has 0 saturated carbocycles. The lowest BCUT2D eigenvalue weighted by molar-refractivity contribution is -0.114. The van der Waals surface area contributed by atoms with E-state index >= 15 is 0 Å². The van der Waals surface area contributed by atoms with Gasteiger partial charge < -0.3 is 20.1 Å². The molecule has 1 saturated heterocycles. The number of carbonyl (C=O) groups is 2. The summed E-state index contributed by atoms with van der Waals surface area (Å²) in [6.07, 6.45) is 2.01. The molecule has 3 rings (SSSR count). The predicted octanol–water partition coefficient (Wildman–Crippen LogP) is 3.34. The number of benzene rings is 2. The standard InChI is InChI=1S/C23H28N4O4/c1-15-9-10-17(12-21(15)25-16(2)28)22(29)27-23(24-14-20-8-5-11-31-20)26-18-6-4-7-19(13-18)30-3/h4,6-7,9-10,12-13,20H,5,8,11,14H2,1-3H3,(H,25,28)(H2,24,26,27,29)/t20-/m0/s1. The Hall–Kier alpha value is -3.39. The molecule has 0 spiro atoms. The average molecular weight is 425 g/mol. The van der Waals surface area contributed by atoms with E-state index in [0.29, 0.717) is 29.5 Å². The summed E-state index contributed by atoms with van der Waals surface area (Å²) in [5.41, 5.74) is 2.60. The Balaban J connectivity index is 1.78.